The van der Waals surface area contributed by atoms with Gasteiger partial charge in [0.2, 0.25) is 0 Å². The maximum Gasteiger partial charge on any atom is 0.315 e. The quantitative estimate of drug-likeness (QED) is 0.799. The molecular weight excluding hydrogens is 268 g/mol. The van der Waals surface area contributed by atoms with E-state index in [2.05, 4.69) is 24.5 Å². The van der Waals surface area contributed by atoms with Crippen molar-refractivity contribution in [1.29, 1.82) is 0 Å². The number of furan rings is 1. The van der Waals surface area contributed by atoms with Gasteiger partial charge in [0, 0.05) is 6.04 Å². The lowest BCUT2D eigenvalue weighted by Crippen LogP contribution is -2.52. The number of hydrogen-bond acceptors (Lipinski definition) is 3. The third kappa shape index (κ3) is 4.00. The Morgan fingerprint density at radius 1 is 1.52 bits per heavy atom. The molecule has 1 aliphatic rings. The number of carbonyl (C=O) groups is 1. The lowest BCUT2D eigenvalue weighted by molar-refractivity contribution is 0.0363. The van der Waals surface area contributed by atoms with Gasteiger partial charge in [0.1, 0.15) is 11.4 Å². The van der Waals surface area contributed by atoms with E-state index in [9.17, 15) is 9.90 Å². The first-order valence-corrected chi connectivity index (χ1v) is 7.62. The summed E-state index contributed by atoms with van der Waals surface area (Å²) in [6.07, 6.45) is 6.02. The molecule has 1 aromatic heterocycles. The molecule has 0 aromatic carbocycles. The third-order valence-corrected chi connectivity index (χ3v) is 4.46. The van der Waals surface area contributed by atoms with Crippen molar-refractivity contribution in [3.05, 3.63) is 24.2 Å². The van der Waals surface area contributed by atoms with E-state index in [1.54, 1.807) is 19.1 Å². The summed E-state index contributed by atoms with van der Waals surface area (Å²) in [7, 11) is 0. The van der Waals surface area contributed by atoms with Crippen LogP contribution in [0.2, 0.25) is 0 Å². The summed E-state index contributed by atoms with van der Waals surface area (Å²) in [4.78, 5) is 12.1. The predicted molar refractivity (Wildman–Crippen MR) is 80.9 cm³/mol. The number of amides is 2. The van der Waals surface area contributed by atoms with Gasteiger partial charge in [-0.2, -0.15) is 0 Å². The Bertz CT molecular complexity index is 466. The van der Waals surface area contributed by atoms with Crippen LogP contribution in [0.4, 0.5) is 4.79 Å². The van der Waals surface area contributed by atoms with Crippen molar-refractivity contribution in [3.8, 4) is 0 Å². The molecule has 1 heterocycles. The SMILES string of the molecule is CC(O)(CNC(=O)NC1CCCCC1(C)C)c1ccco1. The average Bonchev–Trinajstić information content (AvgIpc) is 2.94. The van der Waals surface area contributed by atoms with Crippen LogP contribution in [-0.2, 0) is 5.60 Å². The maximum atomic E-state index is 12.1. The molecule has 0 saturated heterocycles. The standard InChI is InChI=1S/C16H26N2O3/c1-15(2)9-5-4-7-12(15)18-14(19)17-11-16(3,20)13-8-6-10-21-13/h6,8,10,12,20H,4-5,7,9,11H2,1-3H3,(H2,17,18,19). The molecule has 118 valence electrons. The van der Waals surface area contributed by atoms with Gasteiger partial charge < -0.3 is 20.2 Å². The molecule has 0 spiro atoms. The van der Waals surface area contributed by atoms with Gasteiger partial charge >= 0.3 is 6.03 Å². The van der Waals surface area contributed by atoms with E-state index >= 15 is 0 Å². The molecular formula is C16H26N2O3. The number of rotatable bonds is 4. The smallest absolute Gasteiger partial charge is 0.315 e. The van der Waals surface area contributed by atoms with Gasteiger partial charge in [-0.25, -0.2) is 4.79 Å². The summed E-state index contributed by atoms with van der Waals surface area (Å²) in [5.74, 6) is 0.445. The maximum absolute atomic E-state index is 12.1. The fourth-order valence-electron chi connectivity index (χ4n) is 2.90. The Morgan fingerprint density at radius 3 is 2.90 bits per heavy atom. The van der Waals surface area contributed by atoms with Gasteiger partial charge in [-0.05, 0) is 37.3 Å². The molecule has 2 unspecified atom stereocenters. The largest absolute Gasteiger partial charge is 0.466 e. The summed E-state index contributed by atoms with van der Waals surface area (Å²) in [6, 6.07) is 3.36. The first kappa shape index (κ1) is 15.9. The summed E-state index contributed by atoms with van der Waals surface area (Å²) in [5.41, 5.74) is -1.08. The Labute approximate surface area is 126 Å². The van der Waals surface area contributed by atoms with Gasteiger partial charge in [-0.3, -0.25) is 0 Å². The Hall–Kier alpha value is -1.49. The lowest BCUT2D eigenvalue weighted by Gasteiger charge is -2.39. The fourth-order valence-corrected chi connectivity index (χ4v) is 2.90. The van der Waals surface area contributed by atoms with E-state index in [4.69, 9.17) is 4.42 Å². The second kappa shape index (κ2) is 6.10. The zero-order valence-corrected chi connectivity index (χ0v) is 13.1. The van der Waals surface area contributed by atoms with E-state index in [-0.39, 0.29) is 24.0 Å². The molecule has 5 heteroatoms. The van der Waals surface area contributed by atoms with Crippen molar-refractivity contribution < 1.29 is 14.3 Å². The Morgan fingerprint density at radius 2 is 2.29 bits per heavy atom. The summed E-state index contributed by atoms with van der Waals surface area (Å²) in [5, 5.41) is 16.1. The molecule has 5 nitrogen and oxygen atoms in total. The van der Waals surface area contributed by atoms with Crippen molar-refractivity contribution in [2.75, 3.05) is 6.54 Å². The van der Waals surface area contributed by atoms with E-state index in [0.717, 1.165) is 19.3 Å². The van der Waals surface area contributed by atoms with Crippen molar-refractivity contribution in [1.82, 2.24) is 10.6 Å². The number of hydrogen-bond donors (Lipinski definition) is 3. The van der Waals surface area contributed by atoms with Crippen molar-refractivity contribution in [2.24, 2.45) is 5.41 Å². The minimum atomic E-state index is -1.21. The highest BCUT2D eigenvalue weighted by Crippen LogP contribution is 2.35. The van der Waals surface area contributed by atoms with Crippen molar-refractivity contribution >= 4 is 6.03 Å². The van der Waals surface area contributed by atoms with Crippen LogP contribution in [0, 0.1) is 5.41 Å². The predicted octanol–water partition coefficient (Wildman–Crippen LogP) is 2.76. The summed E-state index contributed by atoms with van der Waals surface area (Å²) in [6.45, 7) is 6.11. The third-order valence-electron chi connectivity index (χ3n) is 4.46. The molecule has 2 amide bonds. The molecule has 2 rings (SSSR count). The van der Waals surface area contributed by atoms with Gasteiger partial charge in [0.15, 0.2) is 0 Å². The highest BCUT2D eigenvalue weighted by Gasteiger charge is 2.33. The Balaban J connectivity index is 1.85. The lowest BCUT2D eigenvalue weighted by atomic mass is 9.73. The van der Waals surface area contributed by atoms with Gasteiger partial charge in [0.05, 0.1) is 12.8 Å². The number of aliphatic hydroxyl groups is 1. The van der Waals surface area contributed by atoms with Crippen molar-refractivity contribution in [3.63, 3.8) is 0 Å². The van der Waals surface area contributed by atoms with Crippen LogP contribution in [0.1, 0.15) is 52.2 Å². The summed E-state index contributed by atoms with van der Waals surface area (Å²) >= 11 is 0. The molecule has 3 N–H and O–H groups in total. The average molecular weight is 294 g/mol. The second-order valence-corrected chi connectivity index (χ2v) is 6.87. The molecule has 0 radical (unpaired) electrons. The first-order chi connectivity index (χ1) is 9.81. The highest BCUT2D eigenvalue weighted by atomic mass is 16.4. The molecule has 1 aromatic rings. The molecule has 0 aliphatic heterocycles. The molecule has 21 heavy (non-hydrogen) atoms. The van der Waals surface area contributed by atoms with Crippen LogP contribution in [0.15, 0.2) is 22.8 Å². The molecule has 1 fully saturated rings. The van der Waals surface area contributed by atoms with E-state index in [0.29, 0.717) is 5.76 Å². The molecule has 1 saturated carbocycles. The molecule has 0 bridgehead atoms. The second-order valence-electron chi connectivity index (χ2n) is 6.87. The van der Waals surface area contributed by atoms with Gasteiger partial charge in [-0.15, -0.1) is 0 Å². The number of urea groups is 1. The Kier molecular flexibility index (Phi) is 4.61. The van der Waals surface area contributed by atoms with Crippen LogP contribution >= 0.6 is 0 Å². The molecule has 1 aliphatic carbocycles. The molecule has 2 atom stereocenters. The van der Waals surface area contributed by atoms with Gasteiger partial charge in [0.25, 0.3) is 0 Å². The van der Waals surface area contributed by atoms with Crippen molar-refractivity contribution in [2.45, 2.75) is 58.1 Å². The van der Waals surface area contributed by atoms with Crippen LogP contribution < -0.4 is 10.6 Å². The van der Waals surface area contributed by atoms with E-state index in [1.165, 1.54) is 12.7 Å². The minimum absolute atomic E-state index is 0.111. The minimum Gasteiger partial charge on any atom is -0.466 e. The van der Waals surface area contributed by atoms with Crippen LogP contribution in [0.5, 0.6) is 0 Å². The topological polar surface area (TPSA) is 74.5 Å². The van der Waals surface area contributed by atoms with E-state index in [1.807, 2.05) is 0 Å². The van der Waals surface area contributed by atoms with E-state index < -0.39 is 5.60 Å². The monoisotopic (exact) mass is 294 g/mol. The van der Waals surface area contributed by atoms with Gasteiger partial charge in [-0.1, -0.05) is 26.7 Å². The number of carbonyl (C=O) groups excluding carboxylic acids is 1. The van der Waals surface area contributed by atoms with Crippen LogP contribution in [0.25, 0.3) is 0 Å². The van der Waals surface area contributed by atoms with Crippen LogP contribution in [0.3, 0.4) is 0 Å². The van der Waals surface area contributed by atoms with Crippen LogP contribution in [-0.4, -0.2) is 23.7 Å². The zero-order chi connectivity index (χ0) is 15.5. The normalized spacial score (nSPS) is 24.1. The number of nitrogens with one attached hydrogen (secondary N) is 2. The summed E-state index contributed by atoms with van der Waals surface area (Å²) < 4.78 is 5.19. The zero-order valence-electron chi connectivity index (χ0n) is 13.1. The highest BCUT2D eigenvalue weighted by molar-refractivity contribution is 5.74. The fraction of sp³-hybridized carbons (Fsp3) is 0.688. The first-order valence-electron chi connectivity index (χ1n) is 7.62.